The van der Waals surface area contributed by atoms with Crippen molar-refractivity contribution in [2.45, 2.75) is 179 Å². The summed E-state index contributed by atoms with van der Waals surface area (Å²) >= 11 is 0. The standard InChI is InChI=1S/C46H83N3O13/c1-15-34-46(10,55)39(52)29(4)36(50)27(2)25-45(9,57-14)41(30(5)38(31(6)42(54)60-34)61-35-26-44(8,56-13)40(53)32(7)59-35)62-43-37(51)33(24-28(3)58-43)48(12)18-16-17-19-49-22-20-47(11)21-23-49/h16-17,27-35,37-41,43,51-53,55H,15,18-26H2,1-14H3/b17-16+/t27-,28-,29+,30+,31-,32+,33+,34-,35+,37-,38+,39-,40+,41-,43+,44-,45+,46-/m1/s1. The molecule has 4 aliphatic heterocycles. The summed E-state index contributed by atoms with van der Waals surface area (Å²) in [5.41, 5.74) is -4.30. The molecular weight excluding hydrogens is 803 g/mol. The summed E-state index contributed by atoms with van der Waals surface area (Å²) in [6.45, 7) is 22.8. The van der Waals surface area contributed by atoms with E-state index < -0.39 is 102 Å². The van der Waals surface area contributed by atoms with E-state index >= 15 is 0 Å². The maximum atomic E-state index is 14.4. The molecule has 4 N–H and O–H groups in total. The Morgan fingerprint density at radius 2 is 1.48 bits per heavy atom. The van der Waals surface area contributed by atoms with Gasteiger partial charge in [-0.15, -0.1) is 0 Å². The van der Waals surface area contributed by atoms with Crippen LogP contribution in [0, 0.1) is 23.7 Å². The Labute approximate surface area is 371 Å². The number of nitrogens with zero attached hydrogens (tertiary/aromatic N) is 3. The quantitative estimate of drug-likeness (QED) is 0.165. The van der Waals surface area contributed by atoms with Crippen molar-refractivity contribution in [3.8, 4) is 0 Å². The molecule has 16 heteroatoms. The number of Topliss-reactive ketones (excluding diaryl/α,β-unsaturated/α-hetero) is 1. The second-order valence-corrected chi connectivity index (χ2v) is 19.7. The number of ether oxygens (including phenoxy) is 7. The highest BCUT2D eigenvalue weighted by Gasteiger charge is 2.54. The number of aliphatic hydroxyl groups is 4. The second kappa shape index (κ2) is 22.2. The van der Waals surface area contributed by atoms with Crippen molar-refractivity contribution >= 4 is 11.8 Å². The number of esters is 1. The molecule has 0 aromatic rings. The highest BCUT2D eigenvalue weighted by Crippen LogP contribution is 2.42. The van der Waals surface area contributed by atoms with E-state index in [1.54, 1.807) is 41.5 Å². The molecule has 0 aromatic heterocycles. The normalized spacial score (nSPS) is 45.3. The third-order valence-electron chi connectivity index (χ3n) is 14.7. The number of cyclic esters (lactones) is 1. The van der Waals surface area contributed by atoms with Crippen LogP contribution in [0.2, 0.25) is 0 Å². The highest BCUT2D eigenvalue weighted by molar-refractivity contribution is 5.83. The van der Waals surface area contributed by atoms with E-state index in [0.29, 0.717) is 13.0 Å². The van der Waals surface area contributed by atoms with Gasteiger partial charge in [-0.3, -0.25) is 19.4 Å². The van der Waals surface area contributed by atoms with Crippen molar-refractivity contribution in [1.29, 1.82) is 0 Å². The van der Waals surface area contributed by atoms with Crippen LogP contribution in [-0.4, -0.2) is 199 Å². The molecule has 4 aliphatic rings. The second-order valence-electron chi connectivity index (χ2n) is 19.7. The van der Waals surface area contributed by atoms with Gasteiger partial charge in [-0.25, -0.2) is 0 Å². The maximum Gasteiger partial charge on any atom is 0.311 e. The van der Waals surface area contributed by atoms with Crippen molar-refractivity contribution in [2.75, 3.05) is 67.6 Å². The number of rotatable bonds is 12. The zero-order valence-corrected chi connectivity index (χ0v) is 40.2. The topological polar surface area (TPSA) is 189 Å². The molecule has 62 heavy (non-hydrogen) atoms. The minimum absolute atomic E-state index is 0.101. The molecule has 4 saturated heterocycles. The average molecular weight is 886 g/mol. The molecule has 0 bridgehead atoms. The lowest BCUT2D eigenvalue weighted by atomic mass is 9.74. The van der Waals surface area contributed by atoms with E-state index in [-0.39, 0.29) is 37.2 Å². The number of carbonyl (C=O) groups excluding carboxylic acids is 2. The van der Waals surface area contributed by atoms with E-state index in [1.807, 2.05) is 27.8 Å². The molecule has 18 atom stereocenters. The van der Waals surface area contributed by atoms with Gasteiger partial charge in [-0.1, -0.05) is 39.8 Å². The first-order valence-electron chi connectivity index (χ1n) is 22.9. The van der Waals surface area contributed by atoms with Crippen LogP contribution in [0.3, 0.4) is 0 Å². The van der Waals surface area contributed by atoms with Crippen molar-refractivity contribution in [1.82, 2.24) is 14.7 Å². The van der Waals surface area contributed by atoms with Gasteiger partial charge in [0, 0.05) is 83.7 Å². The van der Waals surface area contributed by atoms with Gasteiger partial charge in [0.1, 0.15) is 29.7 Å². The third-order valence-corrected chi connectivity index (χ3v) is 14.7. The van der Waals surface area contributed by atoms with Crippen LogP contribution in [0.1, 0.15) is 94.9 Å². The Morgan fingerprint density at radius 1 is 0.855 bits per heavy atom. The minimum Gasteiger partial charge on any atom is -0.459 e. The lowest BCUT2D eigenvalue weighted by molar-refractivity contribution is -0.319. The fraction of sp³-hybridized carbons (Fsp3) is 0.913. The van der Waals surface area contributed by atoms with Gasteiger partial charge < -0.3 is 58.5 Å². The molecule has 4 rings (SSSR count). The largest absolute Gasteiger partial charge is 0.459 e. The van der Waals surface area contributed by atoms with Crippen LogP contribution in [0.5, 0.6) is 0 Å². The Hall–Kier alpha value is -1.64. The van der Waals surface area contributed by atoms with E-state index in [2.05, 4.69) is 33.9 Å². The van der Waals surface area contributed by atoms with Gasteiger partial charge in [0.2, 0.25) is 0 Å². The van der Waals surface area contributed by atoms with Crippen molar-refractivity contribution in [3.05, 3.63) is 12.2 Å². The molecule has 0 spiro atoms. The van der Waals surface area contributed by atoms with Crippen LogP contribution in [-0.2, 0) is 42.7 Å². The van der Waals surface area contributed by atoms with E-state index in [4.69, 9.17) is 33.2 Å². The number of likely N-dealkylation sites (N-methyl/N-ethyl adjacent to an activating group) is 2. The van der Waals surface area contributed by atoms with Crippen molar-refractivity contribution in [3.63, 3.8) is 0 Å². The van der Waals surface area contributed by atoms with Gasteiger partial charge in [-0.2, -0.15) is 0 Å². The SMILES string of the molecule is CC[C@H]1OC(=O)[C@H](C)[C@@H](O[C@H]2C[C@@](C)(OC)[C@@H](O)[C@H](C)O2)[C@H](C)[C@@H](O[C@@H]2O[C@H](C)C[C@H](N(C)C/C=C/CN3CCN(C)CC3)[C@H]2O)[C@@](C)(OC)C[C@@H](C)C(=O)[C@H](C)[C@@H](O)[C@]1(C)O. The molecular formula is C46H83N3O13. The summed E-state index contributed by atoms with van der Waals surface area (Å²) in [5, 5.41) is 46.5. The summed E-state index contributed by atoms with van der Waals surface area (Å²) < 4.78 is 44.6. The molecule has 4 fully saturated rings. The lowest BCUT2D eigenvalue weighted by Crippen LogP contribution is -2.61. The molecule has 0 amide bonds. The van der Waals surface area contributed by atoms with Gasteiger partial charge >= 0.3 is 5.97 Å². The first-order valence-corrected chi connectivity index (χ1v) is 22.9. The average Bonchev–Trinajstić information content (AvgIpc) is 3.23. The summed E-state index contributed by atoms with van der Waals surface area (Å²) in [5.74, 6) is -4.54. The third kappa shape index (κ3) is 12.2. The molecule has 0 aliphatic carbocycles. The number of ketones is 1. The summed E-state index contributed by atoms with van der Waals surface area (Å²) in [4.78, 5) is 35.4. The minimum atomic E-state index is -1.98. The molecule has 0 radical (unpaired) electrons. The van der Waals surface area contributed by atoms with Crippen molar-refractivity contribution < 1.29 is 63.2 Å². The number of hydrogen-bond acceptors (Lipinski definition) is 16. The summed E-state index contributed by atoms with van der Waals surface area (Å²) in [6, 6.07) is -0.336. The Balaban J connectivity index is 1.74. The van der Waals surface area contributed by atoms with Gasteiger partial charge in [0.15, 0.2) is 12.6 Å². The van der Waals surface area contributed by atoms with E-state index in [9.17, 15) is 30.0 Å². The van der Waals surface area contributed by atoms with Crippen LogP contribution in [0.25, 0.3) is 0 Å². The number of methoxy groups -OCH3 is 2. The zero-order chi connectivity index (χ0) is 46.5. The monoisotopic (exact) mass is 886 g/mol. The smallest absolute Gasteiger partial charge is 0.311 e. The summed E-state index contributed by atoms with van der Waals surface area (Å²) in [6.07, 6.45) is -4.69. The van der Waals surface area contributed by atoms with Crippen LogP contribution >= 0.6 is 0 Å². The molecule has 360 valence electrons. The van der Waals surface area contributed by atoms with E-state index in [1.165, 1.54) is 21.1 Å². The number of piperazine rings is 1. The number of hydrogen-bond donors (Lipinski definition) is 4. The first-order chi connectivity index (χ1) is 28.9. The van der Waals surface area contributed by atoms with Crippen molar-refractivity contribution in [2.24, 2.45) is 23.7 Å². The molecule has 0 unspecified atom stereocenters. The first kappa shape index (κ1) is 53.0. The fourth-order valence-electron chi connectivity index (χ4n) is 10.1. The van der Waals surface area contributed by atoms with Gasteiger partial charge in [0.05, 0.1) is 47.6 Å². The summed E-state index contributed by atoms with van der Waals surface area (Å²) in [7, 11) is 7.15. The fourth-order valence-corrected chi connectivity index (χ4v) is 10.1. The molecule has 0 saturated carbocycles. The highest BCUT2D eigenvalue weighted by atomic mass is 16.7. The Kier molecular flexibility index (Phi) is 19.0. The molecule has 0 aromatic carbocycles. The Bertz CT molecular complexity index is 1460. The van der Waals surface area contributed by atoms with Gasteiger partial charge in [-0.05, 0) is 74.9 Å². The molecule has 4 heterocycles. The Morgan fingerprint density at radius 3 is 2.08 bits per heavy atom. The predicted molar refractivity (Wildman–Crippen MR) is 233 cm³/mol. The molecule has 16 nitrogen and oxygen atoms in total. The van der Waals surface area contributed by atoms with Crippen LogP contribution in [0.4, 0.5) is 0 Å². The number of carbonyl (C=O) groups is 2. The van der Waals surface area contributed by atoms with Gasteiger partial charge in [0.25, 0.3) is 0 Å². The number of aliphatic hydroxyl groups excluding tert-OH is 3. The van der Waals surface area contributed by atoms with E-state index in [0.717, 1.165) is 32.7 Å². The maximum absolute atomic E-state index is 14.4. The lowest BCUT2D eigenvalue weighted by Gasteiger charge is -2.50. The van der Waals surface area contributed by atoms with Crippen LogP contribution < -0.4 is 0 Å². The predicted octanol–water partition coefficient (Wildman–Crippen LogP) is 2.61. The zero-order valence-electron chi connectivity index (χ0n) is 40.2. The van der Waals surface area contributed by atoms with Crippen LogP contribution in [0.15, 0.2) is 12.2 Å².